The van der Waals surface area contributed by atoms with E-state index in [2.05, 4.69) is 55.4 Å². The Morgan fingerprint density at radius 3 is 2.21 bits per heavy atom. The summed E-state index contributed by atoms with van der Waals surface area (Å²) in [5.74, 6) is 3.60. The van der Waals surface area contributed by atoms with Crippen molar-refractivity contribution < 1.29 is 0 Å². The minimum Gasteiger partial charge on any atom is -0.0654 e. The van der Waals surface area contributed by atoms with Crippen LogP contribution in [0.1, 0.15) is 120 Å². The van der Waals surface area contributed by atoms with Gasteiger partial charge in [-0.1, -0.05) is 93.9 Å². The Labute approximate surface area is 154 Å². The third-order valence-corrected chi connectivity index (χ3v) is 7.99. The van der Waals surface area contributed by atoms with E-state index in [9.17, 15) is 0 Å². The minimum atomic E-state index is 0.536. The second kappa shape index (κ2) is 9.63. The van der Waals surface area contributed by atoms with E-state index >= 15 is 0 Å². The summed E-state index contributed by atoms with van der Waals surface area (Å²) in [5.41, 5.74) is 1.12. The molecular weight excluding hydrogens is 288 g/mol. The second-order valence-corrected chi connectivity index (χ2v) is 10.1. The van der Waals surface area contributed by atoms with Gasteiger partial charge in [0.15, 0.2) is 0 Å². The van der Waals surface area contributed by atoms with E-state index in [1.54, 1.807) is 0 Å². The molecule has 0 nitrogen and oxygen atoms in total. The average molecular weight is 337 g/mol. The van der Waals surface area contributed by atoms with Crippen molar-refractivity contribution in [1.29, 1.82) is 0 Å². The molecule has 0 bridgehead atoms. The molecule has 0 heteroatoms. The molecule has 0 amide bonds. The first-order valence-corrected chi connectivity index (χ1v) is 11.2. The summed E-state index contributed by atoms with van der Waals surface area (Å²) in [6.45, 7) is 19.9. The van der Waals surface area contributed by atoms with Gasteiger partial charge in [-0.05, 0) is 60.2 Å². The molecule has 0 N–H and O–H groups in total. The van der Waals surface area contributed by atoms with Crippen LogP contribution >= 0.6 is 0 Å². The third-order valence-electron chi connectivity index (χ3n) is 7.99. The number of rotatable bonds is 10. The minimum absolute atomic E-state index is 0.536. The molecule has 0 spiro atoms. The highest BCUT2D eigenvalue weighted by atomic mass is 14.5. The fraction of sp³-hybridized carbons (Fsp3) is 1.00. The lowest BCUT2D eigenvalue weighted by atomic mass is 9.49. The SMILES string of the molecule is CCCCC1(C)CC(CCC(C)CCC)C(C)C(C)(C(C)CC)C1. The first-order valence-electron chi connectivity index (χ1n) is 11.2. The monoisotopic (exact) mass is 336 g/mol. The van der Waals surface area contributed by atoms with Crippen LogP contribution in [0, 0.1) is 34.5 Å². The van der Waals surface area contributed by atoms with Crippen LogP contribution in [0.2, 0.25) is 0 Å². The van der Waals surface area contributed by atoms with E-state index in [1.807, 2.05) is 0 Å². The van der Waals surface area contributed by atoms with Gasteiger partial charge in [-0.2, -0.15) is 0 Å². The zero-order chi connectivity index (χ0) is 18.4. The number of hydrogen-bond donors (Lipinski definition) is 0. The summed E-state index contributed by atoms with van der Waals surface area (Å²) < 4.78 is 0. The third kappa shape index (κ3) is 5.50. The molecule has 0 saturated heterocycles. The van der Waals surface area contributed by atoms with Gasteiger partial charge in [0, 0.05) is 0 Å². The van der Waals surface area contributed by atoms with Crippen molar-refractivity contribution in [3.63, 3.8) is 0 Å². The molecule has 0 aromatic rings. The second-order valence-electron chi connectivity index (χ2n) is 10.1. The highest BCUT2D eigenvalue weighted by Gasteiger charge is 2.49. The summed E-state index contributed by atoms with van der Waals surface area (Å²) in [7, 11) is 0. The van der Waals surface area contributed by atoms with Crippen molar-refractivity contribution in [2.45, 2.75) is 120 Å². The predicted molar refractivity (Wildman–Crippen MR) is 110 cm³/mol. The van der Waals surface area contributed by atoms with Crippen LogP contribution in [0.4, 0.5) is 0 Å². The topological polar surface area (TPSA) is 0 Å². The lowest BCUT2D eigenvalue weighted by Gasteiger charge is -2.55. The van der Waals surface area contributed by atoms with Gasteiger partial charge in [-0.15, -0.1) is 0 Å². The molecule has 1 saturated carbocycles. The fourth-order valence-electron chi connectivity index (χ4n) is 5.87. The van der Waals surface area contributed by atoms with Crippen molar-refractivity contribution in [2.24, 2.45) is 34.5 Å². The molecule has 0 aromatic carbocycles. The molecule has 6 atom stereocenters. The van der Waals surface area contributed by atoms with Gasteiger partial charge in [0.2, 0.25) is 0 Å². The summed E-state index contributed by atoms with van der Waals surface area (Å²) in [4.78, 5) is 0. The maximum Gasteiger partial charge on any atom is -0.0267 e. The molecule has 0 aromatic heterocycles. The molecule has 1 aliphatic rings. The van der Waals surface area contributed by atoms with Gasteiger partial charge in [-0.3, -0.25) is 0 Å². The van der Waals surface area contributed by atoms with Crippen LogP contribution in [0.15, 0.2) is 0 Å². The lowest BCUT2D eigenvalue weighted by Crippen LogP contribution is -2.47. The van der Waals surface area contributed by atoms with Crippen LogP contribution in [0.25, 0.3) is 0 Å². The fourth-order valence-corrected chi connectivity index (χ4v) is 5.87. The van der Waals surface area contributed by atoms with Gasteiger partial charge < -0.3 is 0 Å². The molecule has 1 rings (SSSR count). The zero-order valence-electron chi connectivity index (χ0n) is 18.4. The van der Waals surface area contributed by atoms with Crippen molar-refractivity contribution in [1.82, 2.24) is 0 Å². The Balaban J connectivity index is 2.91. The smallest absolute Gasteiger partial charge is 0.0267 e. The van der Waals surface area contributed by atoms with E-state index in [1.165, 1.54) is 64.2 Å². The van der Waals surface area contributed by atoms with Gasteiger partial charge in [0.1, 0.15) is 0 Å². The van der Waals surface area contributed by atoms with Crippen LogP contribution in [-0.4, -0.2) is 0 Å². The molecule has 6 unspecified atom stereocenters. The first kappa shape index (κ1) is 22.0. The van der Waals surface area contributed by atoms with Crippen LogP contribution in [0.5, 0.6) is 0 Å². The summed E-state index contributed by atoms with van der Waals surface area (Å²) in [6, 6.07) is 0. The Hall–Kier alpha value is 0. The molecule has 1 aliphatic carbocycles. The summed E-state index contributed by atoms with van der Waals surface area (Å²) >= 11 is 0. The van der Waals surface area contributed by atoms with Crippen molar-refractivity contribution in [3.8, 4) is 0 Å². The van der Waals surface area contributed by atoms with Crippen molar-refractivity contribution in [2.75, 3.05) is 0 Å². The molecule has 0 heterocycles. The molecule has 144 valence electrons. The number of hydrogen-bond acceptors (Lipinski definition) is 0. The maximum atomic E-state index is 2.64. The van der Waals surface area contributed by atoms with Crippen LogP contribution < -0.4 is 0 Å². The molecule has 0 aliphatic heterocycles. The van der Waals surface area contributed by atoms with E-state index in [-0.39, 0.29) is 0 Å². The van der Waals surface area contributed by atoms with E-state index in [4.69, 9.17) is 0 Å². The number of unbranched alkanes of at least 4 members (excludes halogenated alkanes) is 1. The summed E-state index contributed by atoms with van der Waals surface area (Å²) in [6.07, 6.45) is 14.2. The normalized spacial score (nSPS) is 36.5. The molecule has 0 radical (unpaired) electrons. The van der Waals surface area contributed by atoms with Crippen molar-refractivity contribution >= 4 is 0 Å². The van der Waals surface area contributed by atoms with E-state index < -0.39 is 0 Å². The summed E-state index contributed by atoms with van der Waals surface area (Å²) in [5, 5.41) is 0. The lowest BCUT2D eigenvalue weighted by molar-refractivity contribution is -0.0586. The zero-order valence-corrected chi connectivity index (χ0v) is 18.4. The Kier molecular flexibility index (Phi) is 8.84. The van der Waals surface area contributed by atoms with Gasteiger partial charge in [-0.25, -0.2) is 0 Å². The standard InChI is InChI=1S/C24H48/c1-9-12-16-23(7)17-22(15-14-19(4)13-10-2)21(6)24(8,18-23)20(5)11-3/h19-22H,9-18H2,1-8H3. The Morgan fingerprint density at radius 1 is 1.00 bits per heavy atom. The Bertz CT molecular complexity index is 346. The van der Waals surface area contributed by atoms with E-state index in [0.717, 1.165) is 23.7 Å². The predicted octanol–water partition coefficient (Wildman–Crippen LogP) is 8.50. The maximum absolute atomic E-state index is 2.64. The van der Waals surface area contributed by atoms with Gasteiger partial charge in [0.25, 0.3) is 0 Å². The molecule has 24 heavy (non-hydrogen) atoms. The highest BCUT2D eigenvalue weighted by Crippen LogP contribution is 2.58. The van der Waals surface area contributed by atoms with Gasteiger partial charge in [0.05, 0.1) is 0 Å². The van der Waals surface area contributed by atoms with E-state index in [0.29, 0.717) is 10.8 Å². The van der Waals surface area contributed by atoms with Gasteiger partial charge >= 0.3 is 0 Å². The van der Waals surface area contributed by atoms with Crippen LogP contribution in [-0.2, 0) is 0 Å². The largest absolute Gasteiger partial charge is 0.0654 e. The highest BCUT2D eigenvalue weighted by molar-refractivity contribution is 4.99. The van der Waals surface area contributed by atoms with Crippen LogP contribution in [0.3, 0.4) is 0 Å². The van der Waals surface area contributed by atoms with Crippen molar-refractivity contribution in [3.05, 3.63) is 0 Å². The quantitative estimate of drug-likeness (QED) is 0.375. The molecule has 1 fully saturated rings. The average Bonchev–Trinajstić information content (AvgIpc) is 2.54. The molecular formula is C24H48. The first-order chi connectivity index (χ1) is 11.2. The Morgan fingerprint density at radius 2 is 1.67 bits per heavy atom.